The molecule has 0 aliphatic carbocycles. The van der Waals surface area contributed by atoms with E-state index in [-0.39, 0.29) is 11.6 Å². The van der Waals surface area contributed by atoms with Crippen molar-refractivity contribution < 1.29 is 14.3 Å². The molecule has 1 aliphatic rings. The van der Waals surface area contributed by atoms with Crippen molar-refractivity contribution in [3.63, 3.8) is 0 Å². The second kappa shape index (κ2) is 8.27. The molecule has 0 bridgehead atoms. The number of anilines is 2. The van der Waals surface area contributed by atoms with Crippen LogP contribution in [0.15, 0.2) is 42.6 Å². The zero-order valence-electron chi connectivity index (χ0n) is 16.3. The zero-order valence-corrected chi connectivity index (χ0v) is 16.3. The number of methoxy groups -OCH3 is 1. The smallest absolute Gasteiger partial charge is 0.279 e. The van der Waals surface area contributed by atoms with Crippen LogP contribution >= 0.6 is 0 Å². The van der Waals surface area contributed by atoms with Gasteiger partial charge in [0.05, 0.1) is 43.6 Å². The number of amides is 1. The van der Waals surface area contributed by atoms with E-state index in [2.05, 4.69) is 25.5 Å². The molecule has 9 heteroatoms. The lowest BCUT2D eigenvalue weighted by atomic mass is 10.2. The summed E-state index contributed by atoms with van der Waals surface area (Å²) in [5.74, 6) is 0.857. The number of aromatic nitrogens is 4. The molecule has 1 N–H and O–H groups in total. The molecule has 0 saturated carbocycles. The van der Waals surface area contributed by atoms with Crippen molar-refractivity contribution in [2.75, 3.05) is 43.6 Å². The summed E-state index contributed by atoms with van der Waals surface area (Å²) in [5, 5.41) is 10.9. The summed E-state index contributed by atoms with van der Waals surface area (Å²) in [6.45, 7) is 4.89. The lowest BCUT2D eigenvalue weighted by molar-refractivity contribution is 0.102. The van der Waals surface area contributed by atoms with Gasteiger partial charge >= 0.3 is 0 Å². The van der Waals surface area contributed by atoms with Gasteiger partial charge in [-0.3, -0.25) is 4.79 Å². The molecule has 0 atom stereocenters. The Balaban J connectivity index is 1.46. The van der Waals surface area contributed by atoms with Crippen molar-refractivity contribution in [3.05, 3.63) is 54.0 Å². The van der Waals surface area contributed by atoms with Crippen LogP contribution in [0.25, 0.3) is 5.69 Å². The minimum Gasteiger partial charge on any atom is -0.497 e. The van der Waals surface area contributed by atoms with E-state index in [1.165, 1.54) is 0 Å². The first-order chi connectivity index (χ1) is 14.2. The molecule has 4 rings (SSSR count). The Labute approximate surface area is 168 Å². The molecule has 1 amide bonds. The van der Waals surface area contributed by atoms with Crippen LogP contribution in [-0.4, -0.2) is 59.3 Å². The van der Waals surface area contributed by atoms with Crippen LogP contribution in [-0.2, 0) is 4.74 Å². The first-order valence-electron chi connectivity index (χ1n) is 9.32. The van der Waals surface area contributed by atoms with E-state index in [0.717, 1.165) is 30.2 Å². The maximum absolute atomic E-state index is 12.7. The lowest BCUT2D eigenvalue weighted by Gasteiger charge is -2.28. The van der Waals surface area contributed by atoms with Crippen molar-refractivity contribution in [1.82, 2.24) is 20.0 Å². The highest BCUT2D eigenvalue weighted by molar-refractivity contribution is 6.03. The fourth-order valence-electron chi connectivity index (χ4n) is 3.15. The predicted molar refractivity (Wildman–Crippen MR) is 108 cm³/mol. The average Bonchev–Trinajstić information content (AvgIpc) is 3.16. The molecule has 0 radical (unpaired) electrons. The molecule has 3 aromatic rings. The predicted octanol–water partition coefficient (Wildman–Crippen LogP) is 2.07. The van der Waals surface area contributed by atoms with E-state index in [4.69, 9.17) is 9.47 Å². The number of nitrogens with zero attached hydrogens (tertiary/aromatic N) is 5. The summed E-state index contributed by atoms with van der Waals surface area (Å²) >= 11 is 0. The Morgan fingerprint density at radius 3 is 2.48 bits per heavy atom. The van der Waals surface area contributed by atoms with Gasteiger partial charge in [0.2, 0.25) is 0 Å². The number of carbonyl (C=O) groups excluding carboxylic acids is 1. The Bertz CT molecular complexity index is 978. The molecular formula is C20H22N6O3. The van der Waals surface area contributed by atoms with Gasteiger partial charge in [0.25, 0.3) is 5.91 Å². The first-order valence-corrected chi connectivity index (χ1v) is 9.32. The standard InChI is InChI=1S/C20H22N6O3/c1-14-19(23-24-26(14)15-3-6-17(28-2)7-4-15)20(27)22-18-8-5-16(13-21-18)25-9-11-29-12-10-25/h3-8,13H,9-12H2,1-2H3,(H,21,22,27). The van der Waals surface area contributed by atoms with E-state index < -0.39 is 0 Å². The monoisotopic (exact) mass is 394 g/mol. The number of hydrogen-bond acceptors (Lipinski definition) is 7. The molecule has 1 aromatic carbocycles. The van der Waals surface area contributed by atoms with E-state index in [1.807, 2.05) is 30.3 Å². The molecule has 1 saturated heterocycles. The second-order valence-corrected chi connectivity index (χ2v) is 6.59. The van der Waals surface area contributed by atoms with Crippen LogP contribution in [0.5, 0.6) is 5.75 Å². The molecule has 1 aliphatic heterocycles. The van der Waals surface area contributed by atoms with Crippen LogP contribution < -0.4 is 15.0 Å². The Hall–Kier alpha value is -3.46. The molecular weight excluding hydrogens is 372 g/mol. The van der Waals surface area contributed by atoms with Gasteiger partial charge in [-0.25, -0.2) is 9.67 Å². The van der Waals surface area contributed by atoms with Gasteiger partial charge in [-0.05, 0) is 43.3 Å². The van der Waals surface area contributed by atoms with Gasteiger partial charge in [-0.15, -0.1) is 5.10 Å². The molecule has 1 fully saturated rings. The lowest BCUT2D eigenvalue weighted by Crippen LogP contribution is -2.36. The number of nitrogens with one attached hydrogen (secondary N) is 1. The van der Waals surface area contributed by atoms with E-state index >= 15 is 0 Å². The topological polar surface area (TPSA) is 94.4 Å². The largest absolute Gasteiger partial charge is 0.497 e. The molecule has 3 heterocycles. The third-order valence-electron chi connectivity index (χ3n) is 4.79. The highest BCUT2D eigenvalue weighted by atomic mass is 16.5. The van der Waals surface area contributed by atoms with E-state index in [9.17, 15) is 4.79 Å². The zero-order chi connectivity index (χ0) is 20.2. The fraction of sp³-hybridized carbons (Fsp3) is 0.300. The van der Waals surface area contributed by atoms with Gasteiger partial charge in [0.1, 0.15) is 11.6 Å². The van der Waals surface area contributed by atoms with Gasteiger partial charge in [-0.2, -0.15) is 0 Å². The van der Waals surface area contributed by atoms with Gasteiger partial charge in [-0.1, -0.05) is 5.21 Å². The maximum atomic E-state index is 12.7. The third-order valence-corrected chi connectivity index (χ3v) is 4.79. The van der Waals surface area contributed by atoms with Crippen molar-refractivity contribution in [1.29, 1.82) is 0 Å². The second-order valence-electron chi connectivity index (χ2n) is 6.59. The van der Waals surface area contributed by atoms with Crippen LogP contribution in [0.1, 0.15) is 16.2 Å². The molecule has 0 spiro atoms. The Morgan fingerprint density at radius 1 is 1.10 bits per heavy atom. The minimum atomic E-state index is -0.353. The normalized spacial score (nSPS) is 13.9. The Kier molecular flexibility index (Phi) is 5.39. The van der Waals surface area contributed by atoms with Crippen molar-refractivity contribution >= 4 is 17.4 Å². The molecule has 2 aromatic heterocycles. The van der Waals surface area contributed by atoms with Crippen molar-refractivity contribution in [2.45, 2.75) is 6.92 Å². The number of morpholine rings is 1. The number of rotatable bonds is 5. The number of hydrogen-bond donors (Lipinski definition) is 1. The van der Waals surface area contributed by atoms with Gasteiger partial charge < -0.3 is 19.7 Å². The quantitative estimate of drug-likeness (QED) is 0.708. The van der Waals surface area contributed by atoms with Crippen LogP contribution in [0, 0.1) is 6.92 Å². The SMILES string of the molecule is COc1ccc(-n2nnc(C(=O)Nc3ccc(N4CCOCC4)cn3)c2C)cc1. The van der Waals surface area contributed by atoms with Crippen LogP contribution in [0.3, 0.4) is 0 Å². The summed E-state index contributed by atoms with van der Waals surface area (Å²) < 4.78 is 12.1. The summed E-state index contributed by atoms with van der Waals surface area (Å²) in [6, 6.07) is 11.1. The summed E-state index contributed by atoms with van der Waals surface area (Å²) in [6.07, 6.45) is 1.75. The van der Waals surface area contributed by atoms with E-state index in [0.29, 0.717) is 24.7 Å². The summed E-state index contributed by atoms with van der Waals surface area (Å²) in [7, 11) is 1.61. The maximum Gasteiger partial charge on any atom is 0.279 e. The van der Waals surface area contributed by atoms with Crippen LogP contribution in [0.2, 0.25) is 0 Å². The number of ether oxygens (including phenoxy) is 2. The van der Waals surface area contributed by atoms with Crippen LogP contribution in [0.4, 0.5) is 11.5 Å². The Morgan fingerprint density at radius 2 is 1.83 bits per heavy atom. The first kappa shape index (κ1) is 18.9. The number of pyridine rings is 1. The minimum absolute atomic E-state index is 0.250. The molecule has 0 unspecified atom stereocenters. The fourth-order valence-corrected chi connectivity index (χ4v) is 3.15. The summed E-state index contributed by atoms with van der Waals surface area (Å²) in [4.78, 5) is 19.2. The molecule has 9 nitrogen and oxygen atoms in total. The number of carbonyl (C=O) groups is 1. The molecule has 29 heavy (non-hydrogen) atoms. The third kappa shape index (κ3) is 4.04. The highest BCUT2D eigenvalue weighted by Gasteiger charge is 2.18. The van der Waals surface area contributed by atoms with Crippen molar-refractivity contribution in [2.24, 2.45) is 0 Å². The highest BCUT2D eigenvalue weighted by Crippen LogP contribution is 2.19. The van der Waals surface area contributed by atoms with E-state index in [1.54, 1.807) is 31.0 Å². The van der Waals surface area contributed by atoms with Gasteiger partial charge in [0, 0.05) is 13.1 Å². The summed E-state index contributed by atoms with van der Waals surface area (Å²) in [5.41, 5.74) is 2.69. The van der Waals surface area contributed by atoms with Gasteiger partial charge in [0.15, 0.2) is 5.69 Å². The van der Waals surface area contributed by atoms with Crippen molar-refractivity contribution in [3.8, 4) is 11.4 Å². The average molecular weight is 394 g/mol. The molecule has 150 valence electrons. The number of benzene rings is 1.